The van der Waals surface area contributed by atoms with Crippen molar-refractivity contribution in [1.29, 1.82) is 0 Å². The standard InChI is InChI=1S/C19H31/c1-2-6-10-14-18(13-9-5-1)17-19-15-11-7-3-4-8-12-16-19/h13,15,17H,1-12,14,16H2. The molecule has 0 spiro atoms. The molecule has 0 amide bonds. The Morgan fingerprint density at radius 1 is 0.526 bits per heavy atom. The van der Waals surface area contributed by atoms with Crippen LogP contribution in [0.25, 0.3) is 0 Å². The maximum atomic E-state index is 2.54. The molecule has 0 saturated heterocycles. The average molecular weight is 259 g/mol. The highest BCUT2D eigenvalue weighted by Crippen LogP contribution is 2.25. The molecule has 0 saturated carbocycles. The monoisotopic (exact) mass is 259 g/mol. The summed E-state index contributed by atoms with van der Waals surface area (Å²) >= 11 is 0. The van der Waals surface area contributed by atoms with Crippen molar-refractivity contribution < 1.29 is 0 Å². The Balaban J connectivity index is 1.88. The molecule has 0 aromatic heterocycles. The smallest absolute Gasteiger partial charge is 0.0110 e. The van der Waals surface area contributed by atoms with Crippen molar-refractivity contribution in [3.8, 4) is 0 Å². The number of hydrogen-bond acceptors (Lipinski definition) is 0. The first-order valence-electron chi connectivity index (χ1n) is 8.68. The molecule has 0 aliphatic heterocycles. The van der Waals surface area contributed by atoms with Gasteiger partial charge in [0.2, 0.25) is 0 Å². The van der Waals surface area contributed by atoms with Crippen LogP contribution in [0.4, 0.5) is 0 Å². The molecular formula is C19H31. The number of allylic oxidation sites excluding steroid dienone is 4. The van der Waals surface area contributed by atoms with Crippen molar-refractivity contribution in [3.63, 3.8) is 0 Å². The van der Waals surface area contributed by atoms with E-state index in [4.69, 9.17) is 0 Å². The Kier molecular flexibility index (Phi) is 7.36. The first-order chi connectivity index (χ1) is 9.45. The fraction of sp³-hybridized carbons (Fsp3) is 0.737. The topological polar surface area (TPSA) is 0 Å². The van der Waals surface area contributed by atoms with E-state index in [0.29, 0.717) is 0 Å². The van der Waals surface area contributed by atoms with E-state index in [0.717, 1.165) is 0 Å². The minimum absolute atomic E-state index is 1.30. The van der Waals surface area contributed by atoms with Gasteiger partial charge in [-0.2, -0.15) is 0 Å². The molecule has 1 radical (unpaired) electrons. The SMILES string of the molecule is [CH](C1=CCCCCCCC1)C1=CCCCCCCC1. The molecule has 0 aromatic carbocycles. The van der Waals surface area contributed by atoms with E-state index in [1.807, 2.05) is 0 Å². The molecule has 0 atom stereocenters. The van der Waals surface area contributed by atoms with Crippen LogP contribution in [0.15, 0.2) is 23.3 Å². The lowest BCUT2D eigenvalue weighted by molar-refractivity contribution is 0.627. The van der Waals surface area contributed by atoms with Gasteiger partial charge >= 0.3 is 0 Å². The minimum Gasteiger partial charge on any atom is -0.0847 e. The highest BCUT2D eigenvalue weighted by molar-refractivity contribution is 5.29. The first kappa shape index (κ1) is 14.9. The maximum absolute atomic E-state index is 2.54. The van der Waals surface area contributed by atoms with Crippen LogP contribution in [0.5, 0.6) is 0 Å². The van der Waals surface area contributed by atoms with E-state index in [1.165, 1.54) is 89.9 Å². The minimum atomic E-state index is 1.30. The van der Waals surface area contributed by atoms with Gasteiger partial charge in [-0.1, -0.05) is 61.8 Å². The molecular weight excluding hydrogens is 228 g/mol. The normalized spacial score (nSPS) is 23.8. The van der Waals surface area contributed by atoms with Gasteiger partial charge in [0.25, 0.3) is 0 Å². The van der Waals surface area contributed by atoms with Crippen molar-refractivity contribution in [1.82, 2.24) is 0 Å². The molecule has 0 N–H and O–H groups in total. The fourth-order valence-electron chi connectivity index (χ4n) is 3.29. The summed E-state index contributed by atoms with van der Waals surface area (Å²) in [5.74, 6) is 0. The second-order valence-corrected chi connectivity index (χ2v) is 6.32. The quantitative estimate of drug-likeness (QED) is 0.528. The first-order valence-corrected chi connectivity index (χ1v) is 8.68. The van der Waals surface area contributed by atoms with Gasteiger partial charge in [0.1, 0.15) is 0 Å². The van der Waals surface area contributed by atoms with E-state index in [9.17, 15) is 0 Å². The van der Waals surface area contributed by atoms with Gasteiger partial charge in [-0.3, -0.25) is 0 Å². The third-order valence-corrected chi connectivity index (χ3v) is 4.52. The molecule has 19 heavy (non-hydrogen) atoms. The highest BCUT2D eigenvalue weighted by Gasteiger charge is 2.07. The second kappa shape index (κ2) is 9.39. The second-order valence-electron chi connectivity index (χ2n) is 6.32. The Hall–Kier alpha value is -0.520. The Morgan fingerprint density at radius 2 is 0.947 bits per heavy atom. The largest absolute Gasteiger partial charge is 0.0847 e. The molecule has 0 fully saturated rings. The fourth-order valence-corrected chi connectivity index (χ4v) is 3.29. The van der Waals surface area contributed by atoms with Crippen LogP contribution >= 0.6 is 0 Å². The van der Waals surface area contributed by atoms with Gasteiger partial charge in [0, 0.05) is 6.42 Å². The molecule has 107 valence electrons. The third kappa shape index (κ3) is 6.45. The van der Waals surface area contributed by atoms with Crippen LogP contribution in [0.3, 0.4) is 0 Å². The zero-order valence-corrected chi connectivity index (χ0v) is 12.6. The summed E-state index contributed by atoms with van der Waals surface area (Å²) < 4.78 is 0. The molecule has 2 aliphatic rings. The van der Waals surface area contributed by atoms with E-state index in [2.05, 4.69) is 18.6 Å². The summed E-state index contributed by atoms with van der Waals surface area (Å²) in [7, 11) is 0. The molecule has 2 aliphatic carbocycles. The zero-order chi connectivity index (χ0) is 13.2. The van der Waals surface area contributed by atoms with Gasteiger partial charge in [-0.25, -0.2) is 0 Å². The number of hydrogen-bond donors (Lipinski definition) is 0. The lowest BCUT2D eigenvalue weighted by Gasteiger charge is -2.10. The van der Waals surface area contributed by atoms with Crippen molar-refractivity contribution in [3.05, 3.63) is 29.7 Å². The van der Waals surface area contributed by atoms with E-state index in [-0.39, 0.29) is 0 Å². The summed E-state index contributed by atoms with van der Waals surface area (Å²) in [4.78, 5) is 0. The lowest BCUT2D eigenvalue weighted by atomic mass is 9.95. The van der Waals surface area contributed by atoms with Gasteiger partial charge in [-0.05, 0) is 51.4 Å². The Bertz CT molecular complexity index is 265. The average Bonchev–Trinajstić information content (AvgIpc) is 2.62. The molecule has 0 unspecified atom stereocenters. The van der Waals surface area contributed by atoms with Gasteiger partial charge < -0.3 is 0 Å². The van der Waals surface area contributed by atoms with Crippen molar-refractivity contribution in [2.75, 3.05) is 0 Å². The summed E-state index contributed by atoms with van der Waals surface area (Å²) in [6.45, 7) is 0. The molecule has 0 bridgehead atoms. The summed E-state index contributed by atoms with van der Waals surface area (Å²) in [5, 5.41) is 0. The van der Waals surface area contributed by atoms with Crippen molar-refractivity contribution >= 4 is 0 Å². The number of rotatable bonds is 2. The van der Waals surface area contributed by atoms with Crippen LogP contribution in [-0.4, -0.2) is 0 Å². The van der Waals surface area contributed by atoms with Gasteiger partial charge in [0.15, 0.2) is 0 Å². The predicted octanol–water partition coefficient (Wildman–Crippen LogP) is 6.53. The summed E-state index contributed by atoms with van der Waals surface area (Å²) in [5.41, 5.74) is 3.26. The van der Waals surface area contributed by atoms with E-state index in [1.54, 1.807) is 11.1 Å². The van der Waals surface area contributed by atoms with Crippen LogP contribution in [-0.2, 0) is 0 Å². The molecule has 0 heterocycles. The van der Waals surface area contributed by atoms with Crippen molar-refractivity contribution in [2.45, 2.75) is 89.9 Å². The summed E-state index contributed by atoms with van der Waals surface area (Å²) in [6.07, 6.45) is 27.1. The van der Waals surface area contributed by atoms with Gasteiger partial charge in [-0.15, -0.1) is 0 Å². The van der Waals surface area contributed by atoms with Crippen LogP contribution in [0.2, 0.25) is 0 Å². The van der Waals surface area contributed by atoms with Gasteiger partial charge in [0.05, 0.1) is 0 Å². The lowest BCUT2D eigenvalue weighted by Crippen LogP contribution is -1.92. The molecule has 0 aromatic rings. The molecule has 2 rings (SSSR count). The third-order valence-electron chi connectivity index (χ3n) is 4.52. The molecule has 0 heteroatoms. The maximum Gasteiger partial charge on any atom is 0.0110 e. The predicted molar refractivity (Wildman–Crippen MR) is 85.1 cm³/mol. The van der Waals surface area contributed by atoms with Crippen LogP contribution in [0.1, 0.15) is 89.9 Å². The summed E-state index contributed by atoms with van der Waals surface area (Å²) in [6, 6.07) is 0. The van der Waals surface area contributed by atoms with Crippen molar-refractivity contribution in [2.24, 2.45) is 0 Å². The van der Waals surface area contributed by atoms with E-state index < -0.39 is 0 Å². The highest BCUT2D eigenvalue weighted by atomic mass is 14.1. The Morgan fingerprint density at radius 3 is 1.47 bits per heavy atom. The Labute approximate surface area is 120 Å². The zero-order valence-electron chi connectivity index (χ0n) is 12.6. The van der Waals surface area contributed by atoms with Crippen LogP contribution in [0, 0.1) is 6.42 Å². The van der Waals surface area contributed by atoms with E-state index >= 15 is 0 Å². The molecule has 0 nitrogen and oxygen atoms in total. The van der Waals surface area contributed by atoms with Crippen LogP contribution < -0.4 is 0 Å².